The maximum Gasteiger partial charge on any atom is 0.251 e. The molecule has 4 aromatic rings. The van der Waals surface area contributed by atoms with Crippen LogP contribution in [0.3, 0.4) is 0 Å². The highest BCUT2D eigenvalue weighted by molar-refractivity contribution is 7.91. The number of aromatic nitrogens is 2. The third-order valence-electron chi connectivity index (χ3n) is 7.68. The molecule has 0 unspecified atom stereocenters. The molecule has 0 saturated heterocycles. The van der Waals surface area contributed by atoms with Gasteiger partial charge in [0.25, 0.3) is 5.91 Å². The Morgan fingerprint density at radius 1 is 1.02 bits per heavy atom. The highest BCUT2D eigenvalue weighted by Crippen LogP contribution is 2.35. The number of nitrogens with one attached hydrogen (secondary N) is 1. The van der Waals surface area contributed by atoms with Crippen LogP contribution in [0.4, 0.5) is 11.4 Å². The third-order valence-corrected chi connectivity index (χ3v) is 8.45. The number of nitriles is 1. The fourth-order valence-electron chi connectivity index (χ4n) is 5.23. The van der Waals surface area contributed by atoms with E-state index in [0.717, 1.165) is 17.2 Å². The molecule has 1 N–H and O–H groups in total. The molecule has 3 amide bonds. The zero-order chi connectivity index (χ0) is 31.6. The van der Waals surface area contributed by atoms with E-state index in [1.807, 2.05) is 37.3 Å². The molecule has 2 heterocycles. The van der Waals surface area contributed by atoms with E-state index in [1.54, 1.807) is 54.1 Å². The van der Waals surface area contributed by atoms with Crippen molar-refractivity contribution in [3.05, 3.63) is 84.1 Å². The van der Waals surface area contributed by atoms with E-state index in [0.29, 0.717) is 34.7 Å². The quantitative estimate of drug-likeness (QED) is 0.321. The van der Waals surface area contributed by atoms with Crippen LogP contribution < -0.4 is 15.1 Å². The summed E-state index contributed by atoms with van der Waals surface area (Å²) in [6.07, 6.45) is 1.52. The summed E-state index contributed by atoms with van der Waals surface area (Å²) in [7, 11) is -3.69. The molecule has 3 aromatic carbocycles. The molecule has 2 atom stereocenters. The van der Waals surface area contributed by atoms with Crippen molar-refractivity contribution in [3.63, 3.8) is 0 Å². The van der Waals surface area contributed by atoms with Gasteiger partial charge in [0, 0.05) is 17.6 Å². The first-order valence-corrected chi connectivity index (χ1v) is 16.2. The molecule has 1 aliphatic rings. The number of nitrogens with zero attached hydrogens (tertiary/aromatic N) is 5. The standard InChI is InChI=1S/C32H32N6O5S/c1-4-21(2)31(40)34-25-19-36(30(39)20-44(3,42)43)28-15-9-10-16-29(28)37(32(25)41)18-24-23-12-6-8-14-27(23)38(35-24)26-13-7-5-11-22(26)17-33/h5-16,21,25H,4,18-20H2,1-3H3,(H,34,40)/t21-,25+/m1/s1. The molecule has 12 heteroatoms. The molecule has 0 bridgehead atoms. The maximum atomic E-state index is 14.3. The number of sulfone groups is 1. The van der Waals surface area contributed by atoms with Crippen LogP contribution in [0.2, 0.25) is 0 Å². The Morgan fingerprint density at radius 3 is 2.34 bits per heavy atom. The van der Waals surface area contributed by atoms with Crippen LogP contribution >= 0.6 is 0 Å². The summed E-state index contributed by atoms with van der Waals surface area (Å²) in [4.78, 5) is 43.4. The topological polar surface area (TPSA) is 145 Å². The second kappa shape index (κ2) is 12.3. The summed E-state index contributed by atoms with van der Waals surface area (Å²) in [6, 6.07) is 22.3. The Balaban J connectivity index is 1.64. The molecule has 0 saturated carbocycles. The molecule has 1 aromatic heterocycles. The highest BCUT2D eigenvalue weighted by Gasteiger charge is 2.38. The first-order chi connectivity index (χ1) is 21.0. The molecular weight excluding hydrogens is 580 g/mol. The molecule has 0 aliphatic carbocycles. The Morgan fingerprint density at radius 2 is 1.66 bits per heavy atom. The van der Waals surface area contributed by atoms with Crippen molar-refractivity contribution in [2.75, 3.05) is 28.4 Å². The Hall–Kier alpha value is -5.02. The van der Waals surface area contributed by atoms with Gasteiger partial charge >= 0.3 is 0 Å². The van der Waals surface area contributed by atoms with E-state index >= 15 is 0 Å². The van der Waals surface area contributed by atoms with Crippen molar-refractivity contribution in [2.24, 2.45) is 5.92 Å². The maximum absolute atomic E-state index is 14.3. The number of amides is 3. The van der Waals surface area contributed by atoms with Crippen LogP contribution in [-0.2, 0) is 30.8 Å². The monoisotopic (exact) mass is 612 g/mol. The molecule has 0 radical (unpaired) electrons. The van der Waals surface area contributed by atoms with E-state index < -0.39 is 33.4 Å². The van der Waals surface area contributed by atoms with Gasteiger partial charge in [0.1, 0.15) is 17.9 Å². The summed E-state index contributed by atoms with van der Waals surface area (Å²) >= 11 is 0. The summed E-state index contributed by atoms with van der Waals surface area (Å²) < 4.78 is 25.9. The third kappa shape index (κ3) is 6.05. The molecule has 44 heavy (non-hydrogen) atoms. The number of anilines is 2. The fourth-order valence-corrected chi connectivity index (χ4v) is 5.83. The van der Waals surface area contributed by atoms with Crippen LogP contribution in [0.15, 0.2) is 72.8 Å². The minimum atomic E-state index is -3.69. The van der Waals surface area contributed by atoms with E-state index in [-0.39, 0.29) is 24.9 Å². The summed E-state index contributed by atoms with van der Waals surface area (Å²) in [6.45, 7) is 3.33. The molecule has 226 valence electrons. The van der Waals surface area contributed by atoms with Crippen LogP contribution in [0.25, 0.3) is 16.6 Å². The van der Waals surface area contributed by atoms with Crippen molar-refractivity contribution < 1.29 is 22.8 Å². The van der Waals surface area contributed by atoms with Crippen LogP contribution in [0.5, 0.6) is 0 Å². The smallest absolute Gasteiger partial charge is 0.251 e. The lowest BCUT2D eigenvalue weighted by Crippen LogP contribution is -2.54. The molecule has 11 nitrogen and oxygen atoms in total. The summed E-state index contributed by atoms with van der Waals surface area (Å²) in [5.41, 5.74) is 2.98. The number of hydrogen-bond acceptors (Lipinski definition) is 7. The second-order valence-electron chi connectivity index (χ2n) is 10.9. The zero-order valence-corrected chi connectivity index (χ0v) is 25.4. The zero-order valence-electron chi connectivity index (χ0n) is 24.6. The minimum Gasteiger partial charge on any atom is -0.342 e. The van der Waals surface area contributed by atoms with Crippen LogP contribution in [-0.4, -0.2) is 60.5 Å². The molecule has 0 spiro atoms. The van der Waals surface area contributed by atoms with Gasteiger partial charge in [-0.05, 0) is 36.8 Å². The van der Waals surface area contributed by atoms with Crippen LogP contribution in [0.1, 0.15) is 31.5 Å². The number of rotatable bonds is 8. The molecule has 5 rings (SSSR count). The normalized spacial score (nSPS) is 15.8. The van der Waals surface area contributed by atoms with Crippen molar-refractivity contribution in [3.8, 4) is 11.8 Å². The van der Waals surface area contributed by atoms with E-state index in [1.165, 1.54) is 9.80 Å². The number of para-hydroxylation sites is 4. The highest BCUT2D eigenvalue weighted by atomic mass is 32.2. The number of carbonyl (C=O) groups excluding carboxylic acids is 3. The SMILES string of the molecule is CC[C@@H](C)C(=O)N[C@H]1CN(C(=O)CS(C)(=O)=O)c2ccccc2N(Cc2nn(-c3ccccc3C#N)c3ccccc23)C1=O. The van der Waals surface area contributed by atoms with Gasteiger partial charge in [0.2, 0.25) is 11.8 Å². The predicted molar refractivity (Wildman–Crippen MR) is 167 cm³/mol. The van der Waals surface area contributed by atoms with Gasteiger partial charge in [0.15, 0.2) is 9.84 Å². The molecule has 0 fully saturated rings. The van der Waals surface area contributed by atoms with Gasteiger partial charge in [-0.3, -0.25) is 14.4 Å². The average molecular weight is 613 g/mol. The first kappa shape index (κ1) is 30.4. The van der Waals surface area contributed by atoms with Gasteiger partial charge in [-0.15, -0.1) is 0 Å². The number of benzene rings is 3. The van der Waals surface area contributed by atoms with E-state index in [9.17, 15) is 28.1 Å². The largest absolute Gasteiger partial charge is 0.342 e. The average Bonchev–Trinajstić information content (AvgIpc) is 3.33. The van der Waals surface area contributed by atoms with Gasteiger partial charge in [-0.1, -0.05) is 56.3 Å². The molecule has 1 aliphatic heterocycles. The van der Waals surface area contributed by atoms with Gasteiger partial charge in [-0.2, -0.15) is 10.4 Å². The Bertz CT molecular complexity index is 1910. The summed E-state index contributed by atoms with van der Waals surface area (Å²) in [5, 5.41) is 18.2. The number of carbonyl (C=O) groups is 3. The lowest BCUT2D eigenvalue weighted by molar-refractivity contribution is -0.129. The lowest BCUT2D eigenvalue weighted by atomic mass is 10.1. The van der Waals surface area contributed by atoms with Gasteiger partial charge < -0.3 is 15.1 Å². The van der Waals surface area contributed by atoms with Crippen molar-refractivity contribution >= 4 is 49.8 Å². The van der Waals surface area contributed by atoms with E-state index in [2.05, 4.69) is 11.4 Å². The number of hydrogen-bond donors (Lipinski definition) is 1. The Kier molecular flexibility index (Phi) is 8.51. The van der Waals surface area contributed by atoms with E-state index in [4.69, 9.17) is 5.10 Å². The predicted octanol–water partition coefficient (Wildman–Crippen LogP) is 3.35. The minimum absolute atomic E-state index is 0.0259. The lowest BCUT2D eigenvalue weighted by Gasteiger charge is -2.25. The van der Waals surface area contributed by atoms with Gasteiger partial charge in [-0.25, -0.2) is 13.1 Å². The van der Waals surface area contributed by atoms with Crippen molar-refractivity contribution in [1.82, 2.24) is 15.1 Å². The summed E-state index contributed by atoms with van der Waals surface area (Å²) in [5.74, 6) is -2.67. The second-order valence-corrected chi connectivity index (χ2v) is 13.0. The first-order valence-electron chi connectivity index (χ1n) is 14.2. The Labute approximate surface area is 255 Å². The van der Waals surface area contributed by atoms with Crippen LogP contribution in [0, 0.1) is 17.2 Å². The fraction of sp³-hybridized carbons (Fsp3) is 0.281. The van der Waals surface area contributed by atoms with Gasteiger partial charge in [0.05, 0.1) is 46.9 Å². The van der Waals surface area contributed by atoms with Crippen molar-refractivity contribution in [1.29, 1.82) is 5.26 Å². The number of fused-ring (bicyclic) bond motifs is 2. The van der Waals surface area contributed by atoms with Crippen molar-refractivity contribution in [2.45, 2.75) is 32.9 Å². The molecular formula is C32H32N6O5S.